The molecule has 0 saturated carbocycles. The molecule has 0 spiro atoms. The molecule has 17 nitrogen and oxygen atoms in total. The van der Waals surface area contributed by atoms with Crippen molar-refractivity contribution in [2.75, 3.05) is 6.61 Å². The first-order valence-corrected chi connectivity index (χ1v) is 16.3. The fourth-order valence-corrected chi connectivity index (χ4v) is 5.12. The minimum absolute atomic E-state index is 0.0487. The third-order valence-corrected chi connectivity index (χ3v) is 7.70. The summed E-state index contributed by atoms with van der Waals surface area (Å²) >= 11 is 0. The van der Waals surface area contributed by atoms with Crippen LogP contribution in [-0.2, 0) is 40.0 Å². The lowest BCUT2D eigenvalue weighted by Crippen LogP contribution is -2.60. The van der Waals surface area contributed by atoms with Crippen molar-refractivity contribution >= 4 is 52.4 Å². The van der Waals surface area contributed by atoms with Crippen molar-refractivity contribution in [2.45, 2.75) is 96.6 Å². The van der Waals surface area contributed by atoms with Crippen LogP contribution in [0.4, 0.5) is 0 Å². The number of carboxylic acid groups (broad SMARTS) is 2. The number of aromatic amines is 1. The maximum absolute atomic E-state index is 13.4. The van der Waals surface area contributed by atoms with E-state index in [0.717, 1.165) is 10.9 Å². The van der Waals surface area contributed by atoms with Gasteiger partial charge in [-0.1, -0.05) is 45.9 Å². The summed E-state index contributed by atoms with van der Waals surface area (Å²) in [4.78, 5) is 91.5. The van der Waals surface area contributed by atoms with Crippen LogP contribution in [0.5, 0.6) is 0 Å². The van der Waals surface area contributed by atoms with Crippen molar-refractivity contribution in [3.63, 3.8) is 0 Å². The number of aliphatic hydroxyl groups excluding tert-OH is 1. The number of carboxylic acids is 2. The minimum atomic E-state index is -1.62. The summed E-state index contributed by atoms with van der Waals surface area (Å²) in [5, 5.41) is 41.5. The molecule has 0 bridgehead atoms. The normalized spacial score (nSPS) is 14.9. The van der Waals surface area contributed by atoms with Crippen molar-refractivity contribution in [3.05, 3.63) is 36.0 Å². The molecule has 0 aliphatic heterocycles. The topological polar surface area (TPSA) is 282 Å². The zero-order valence-corrected chi connectivity index (χ0v) is 28.8. The first kappa shape index (κ1) is 41.1. The molecule has 5 amide bonds. The van der Waals surface area contributed by atoms with Gasteiger partial charge in [0.2, 0.25) is 29.5 Å². The van der Waals surface area contributed by atoms with E-state index in [2.05, 4.69) is 31.6 Å². The number of aliphatic carboxylic acids is 2. The summed E-state index contributed by atoms with van der Waals surface area (Å²) in [5.41, 5.74) is 7.24. The van der Waals surface area contributed by atoms with Crippen LogP contribution in [0.1, 0.15) is 59.4 Å². The summed E-state index contributed by atoms with van der Waals surface area (Å²) in [6.45, 7) is 7.55. The average Bonchev–Trinajstić information content (AvgIpc) is 3.43. The third kappa shape index (κ3) is 12.8. The number of hydrogen-bond donors (Lipinski definition) is 10. The van der Waals surface area contributed by atoms with Gasteiger partial charge in [0.15, 0.2) is 0 Å². The quantitative estimate of drug-likeness (QED) is 0.0809. The van der Waals surface area contributed by atoms with E-state index < -0.39 is 90.8 Å². The SMILES string of the molecule is CC(C)C[C@H](NC(=O)[C@H](Cc1c[nH]c2ccccc12)NC(=O)[C@H](CO)NC(=O)[C@H](C)NC(=O)[C@H](CC(=O)O)NC(=O)[C@@H](N)CC(C)C)C(=O)O. The molecule has 0 radical (unpaired) electrons. The zero-order chi connectivity index (χ0) is 37.7. The maximum Gasteiger partial charge on any atom is 0.326 e. The number of hydrogen-bond acceptors (Lipinski definition) is 9. The molecule has 11 N–H and O–H groups in total. The smallest absolute Gasteiger partial charge is 0.326 e. The fourth-order valence-electron chi connectivity index (χ4n) is 5.12. The summed E-state index contributed by atoms with van der Waals surface area (Å²) in [6.07, 6.45) is 1.16. The molecule has 0 aliphatic rings. The van der Waals surface area contributed by atoms with Gasteiger partial charge in [0.05, 0.1) is 19.1 Å². The van der Waals surface area contributed by atoms with Gasteiger partial charge in [-0.3, -0.25) is 28.8 Å². The second kappa shape index (κ2) is 19.2. The van der Waals surface area contributed by atoms with Crippen molar-refractivity contribution < 1.29 is 48.9 Å². The molecule has 1 heterocycles. The molecule has 50 heavy (non-hydrogen) atoms. The number of rotatable bonds is 20. The molecular formula is C33H49N7O10. The van der Waals surface area contributed by atoms with E-state index in [-0.39, 0.29) is 31.1 Å². The molecule has 276 valence electrons. The van der Waals surface area contributed by atoms with E-state index in [0.29, 0.717) is 5.56 Å². The van der Waals surface area contributed by atoms with Crippen molar-refractivity contribution in [2.24, 2.45) is 17.6 Å². The first-order chi connectivity index (χ1) is 23.4. The highest BCUT2D eigenvalue weighted by molar-refractivity contribution is 5.97. The number of carbonyl (C=O) groups excluding carboxylic acids is 5. The number of fused-ring (bicyclic) bond motifs is 1. The minimum Gasteiger partial charge on any atom is -0.481 e. The number of para-hydroxylation sites is 1. The van der Waals surface area contributed by atoms with Crippen molar-refractivity contribution in [3.8, 4) is 0 Å². The van der Waals surface area contributed by atoms with Crippen molar-refractivity contribution in [1.82, 2.24) is 31.6 Å². The molecule has 1 aromatic carbocycles. The Labute approximate surface area is 289 Å². The Morgan fingerprint density at radius 3 is 1.82 bits per heavy atom. The molecule has 2 aromatic rings. The summed E-state index contributed by atoms with van der Waals surface area (Å²) in [5.74, 6) is -7.18. The Hall–Kier alpha value is -5.03. The van der Waals surface area contributed by atoms with E-state index >= 15 is 0 Å². The van der Waals surface area contributed by atoms with Crippen LogP contribution < -0.4 is 32.3 Å². The highest BCUT2D eigenvalue weighted by Crippen LogP contribution is 2.19. The molecule has 2 rings (SSSR count). The molecule has 17 heteroatoms. The lowest BCUT2D eigenvalue weighted by molar-refractivity contribution is -0.143. The van der Waals surface area contributed by atoms with Crippen LogP contribution in [0.25, 0.3) is 10.9 Å². The number of benzene rings is 1. The molecule has 0 unspecified atom stereocenters. The van der Waals surface area contributed by atoms with Crippen LogP contribution in [0.2, 0.25) is 0 Å². The highest BCUT2D eigenvalue weighted by atomic mass is 16.4. The largest absolute Gasteiger partial charge is 0.481 e. The number of nitrogens with two attached hydrogens (primary N) is 1. The molecule has 6 atom stereocenters. The van der Waals surface area contributed by atoms with Crippen LogP contribution in [0, 0.1) is 11.8 Å². The number of H-pyrrole nitrogens is 1. The Bertz CT molecular complexity index is 1530. The average molecular weight is 704 g/mol. The van der Waals surface area contributed by atoms with E-state index in [9.17, 15) is 48.9 Å². The Balaban J connectivity index is 2.19. The lowest BCUT2D eigenvalue weighted by Gasteiger charge is -2.25. The Morgan fingerprint density at radius 1 is 0.700 bits per heavy atom. The summed E-state index contributed by atoms with van der Waals surface area (Å²) in [7, 11) is 0. The molecule has 1 aromatic heterocycles. The van der Waals surface area contributed by atoms with Crippen LogP contribution >= 0.6 is 0 Å². The van der Waals surface area contributed by atoms with Gasteiger partial charge in [-0.25, -0.2) is 4.79 Å². The van der Waals surface area contributed by atoms with E-state index in [1.54, 1.807) is 32.2 Å². The van der Waals surface area contributed by atoms with Crippen LogP contribution in [-0.4, -0.2) is 105 Å². The van der Waals surface area contributed by atoms with E-state index in [1.165, 1.54) is 6.92 Å². The predicted octanol–water partition coefficient (Wildman–Crippen LogP) is -0.875. The van der Waals surface area contributed by atoms with Gasteiger partial charge in [-0.15, -0.1) is 0 Å². The highest BCUT2D eigenvalue weighted by Gasteiger charge is 2.33. The van der Waals surface area contributed by atoms with Crippen LogP contribution in [0.15, 0.2) is 30.5 Å². The van der Waals surface area contributed by atoms with Crippen LogP contribution in [0.3, 0.4) is 0 Å². The van der Waals surface area contributed by atoms with Gasteiger partial charge in [0, 0.05) is 23.5 Å². The van der Waals surface area contributed by atoms with E-state index in [1.807, 2.05) is 26.0 Å². The molecule has 0 saturated heterocycles. The number of aromatic nitrogens is 1. The van der Waals surface area contributed by atoms with Gasteiger partial charge in [-0.05, 0) is 43.2 Å². The number of nitrogens with one attached hydrogen (secondary N) is 6. The molecular weight excluding hydrogens is 654 g/mol. The van der Waals surface area contributed by atoms with Gasteiger partial charge in [0.25, 0.3) is 0 Å². The number of aliphatic hydroxyl groups is 1. The molecule has 0 fully saturated rings. The van der Waals surface area contributed by atoms with Gasteiger partial charge in [0.1, 0.15) is 30.2 Å². The third-order valence-electron chi connectivity index (χ3n) is 7.70. The Morgan fingerprint density at radius 2 is 1.24 bits per heavy atom. The summed E-state index contributed by atoms with van der Waals surface area (Å²) < 4.78 is 0. The number of carbonyl (C=O) groups is 7. The van der Waals surface area contributed by atoms with Gasteiger partial charge in [-0.2, -0.15) is 0 Å². The second-order valence-electron chi connectivity index (χ2n) is 13.0. The monoisotopic (exact) mass is 703 g/mol. The first-order valence-electron chi connectivity index (χ1n) is 16.3. The summed E-state index contributed by atoms with van der Waals surface area (Å²) in [6, 6.07) is -0.939. The standard InChI is InChI=1S/C33H49N7O10/c1-16(2)10-21(34)29(45)37-24(13-27(42)43)30(46)36-18(5)28(44)40-26(15-41)32(48)38-23(31(47)39-25(33(49)50)11-17(3)4)12-19-14-35-22-9-7-6-8-20(19)22/h6-9,14,16-18,21,23-26,35,41H,10-13,15,34H2,1-5H3,(H,36,46)(H,37,45)(H,38,48)(H,39,47)(H,40,44)(H,42,43)(H,49,50)/t18-,21-,23-,24-,25-,26-/m0/s1. The second-order valence-corrected chi connectivity index (χ2v) is 13.0. The fraction of sp³-hybridized carbons (Fsp3) is 0.545. The Kier molecular flexibility index (Phi) is 15.8. The number of amides is 5. The molecule has 0 aliphatic carbocycles. The lowest BCUT2D eigenvalue weighted by atomic mass is 10.0. The van der Waals surface area contributed by atoms with Crippen molar-refractivity contribution in [1.29, 1.82) is 0 Å². The zero-order valence-electron chi connectivity index (χ0n) is 28.8. The van der Waals surface area contributed by atoms with E-state index in [4.69, 9.17) is 5.73 Å². The van der Waals surface area contributed by atoms with Gasteiger partial charge < -0.3 is 52.6 Å². The maximum atomic E-state index is 13.4. The predicted molar refractivity (Wildman–Crippen MR) is 181 cm³/mol. The van der Waals surface area contributed by atoms with Gasteiger partial charge >= 0.3 is 11.9 Å².